The molecule has 0 saturated carbocycles. The van der Waals surface area contributed by atoms with Gasteiger partial charge in [-0.05, 0) is 0 Å². The number of benzene rings is 6. The zero-order valence-electron chi connectivity index (χ0n) is 28.5. The van der Waals surface area contributed by atoms with Crippen molar-refractivity contribution in [1.29, 1.82) is 0 Å². The summed E-state index contributed by atoms with van der Waals surface area (Å²) in [7, 11) is 0. The van der Waals surface area contributed by atoms with E-state index in [0.29, 0.717) is 3.63 Å². The van der Waals surface area contributed by atoms with Crippen molar-refractivity contribution in [3.63, 3.8) is 0 Å². The maximum Gasteiger partial charge on any atom is -1.00 e. The van der Waals surface area contributed by atoms with E-state index in [-0.39, 0.29) is 24.8 Å². The predicted molar refractivity (Wildman–Crippen MR) is 201 cm³/mol. The average Bonchev–Trinajstić information content (AvgIpc) is 3.81. The molecule has 0 fully saturated rings. The van der Waals surface area contributed by atoms with Crippen LogP contribution >= 0.6 is 0 Å². The summed E-state index contributed by atoms with van der Waals surface area (Å²) >= 11 is -1.32. The van der Waals surface area contributed by atoms with Crippen LogP contribution in [0.25, 0.3) is 39.0 Å². The van der Waals surface area contributed by atoms with Gasteiger partial charge in [0, 0.05) is 0 Å². The first-order valence-corrected chi connectivity index (χ1v) is 20.0. The first-order valence-electron chi connectivity index (χ1n) is 17.3. The minimum Gasteiger partial charge on any atom is -1.00 e. The Morgan fingerprint density at radius 2 is 1.16 bits per heavy atom. The molecule has 245 valence electrons. The number of hydrogen-bond donors (Lipinski definition) is 0. The van der Waals surface area contributed by atoms with Crippen molar-refractivity contribution in [2.24, 2.45) is 0 Å². The average molecular weight is 766 g/mol. The number of rotatable bonds is 8. The van der Waals surface area contributed by atoms with Gasteiger partial charge in [-0.3, -0.25) is 0 Å². The van der Waals surface area contributed by atoms with Gasteiger partial charge in [-0.25, -0.2) is 0 Å². The minimum absolute atomic E-state index is 0. The Balaban J connectivity index is 0.00000216. The molecular formula is C47H39Cl2Zr. The van der Waals surface area contributed by atoms with Crippen molar-refractivity contribution in [1.82, 2.24) is 0 Å². The Hall–Kier alpha value is -3.87. The summed E-state index contributed by atoms with van der Waals surface area (Å²) in [5, 5.41) is 0. The molecule has 0 spiro atoms. The van der Waals surface area contributed by atoms with Crippen LogP contribution in [0.1, 0.15) is 62.8 Å². The number of halogens is 2. The fourth-order valence-corrected chi connectivity index (χ4v) is 12.2. The van der Waals surface area contributed by atoms with Crippen LogP contribution in [-0.4, -0.2) is 3.21 Å². The summed E-state index contributed by atoms with van der Waals surface area (Å²) in [6.45, 7) is 4.66. The summed E-state index contributed by atoms with van der Waals surface area (Å²) < 4.78 is 1.95. The topological polar surface area (TPSA) is 0 Å². The van der Waals surface area contributed by atoms with Gasteiger partial charge in [0.15, 0.2) is 0 Å². The molecule has 3 heteroatoms. The van der Waals surface area contributed by atoms with Crippen molar-refractivity contribution in [2.75, 3.05) is 0 Å². The molecule has 6 aromatic rings. The Morgan fingerprint density at radius 3 is 1.68 bits per heavy atom. The number of fused-ring (bicyclic) bond motifs is 3. The standard InChI is InChI=1S/C34H29.C13H10.2ClH.Zr/c1-3-23-19-20-29-27(21-23)22-30-31(24-17-11-12-18-24)28(4-2)32(25-13-7-5-8-14-25)33(34(29)30)26-15-9-6-10-16-26;1-3-7-12(8-4-1)11-13-9-5-2-6-10-13;;;/h5-17,19-22H,3-4,18H2,1-2H3;1-10H;2*1H;/q;;;;+2/p-2. The maximum absolute atomic E-state index is 2.57. The van der Waals surface area contributed by atoms with Crippen molar-refractivity contribution in [3.8, 4) is 33.4 Å². The quantitative estimate of drug-likeness (QED) is 0.181. The van der Waals surface area contributed by atoms with Gasteiger partial charge < -0.3 is 24.8 Å². The number of aryl methyl sites for hydroxylation is 1. The molecule has 1 unspecified atom stereocenters. The summed E-state index contributed by atoms with van der Waals surface area (Å²) in [5.41, 5.74) is 20.1. The molecule has 0 bridgehead atoms. The Labute approximate surface area is 320 Å². The second kappa shape index (κ2) is 16.0. The van der Waals surface area contributed by atoms with E-state index in [1.54, 1.807) is 8.77 Å². The Morgan fingerprint density at radius 1 is 0.600 bits per heavy atom. The Kier molecular flexibility index (Phi) is 11.5. The van der Waals surface area contributed by atoms with Crippen LogP contribution in [0.15, 0.2) is 158 Å². The van der Waals surface area contributed by atoms with Crippen molar-refractivity contribution < 1.29 is 47.6 Å². The molecule has 0 radical (unpaired) electrons. The minimum atomic E-state index is -1.32. The van der Waals surface area contributed by atoms with Crippen molar-refractivity contribution in [2.45, 2.75) is 36.7 Å². The molecule has 0 saturated heterocycles. The van der Waals surface area contributed by atoms with E-state index in [1.807, 2.05) is 0 Å². The third-order valence-electron chi connectivity index (χ3n) is 10.0. The maximum atomic E-state index is 2.57. The molecule has 0 amide bonds. The number of hydrogen-bond acceptors (Lipinski definition) is 0. The SMILES string of the molecule is CCc1ccc2c(c1)[CH]([Zr+2]=[C](c1ccccc1)c1ccccc1)c1c(C3=CC=CC3)c(CC)c(-c3ccccc3)c(-c3ccccc3)c1-2.[Cl-].[Cl-]. The molecule has 1 atom stereocenters. The first kappa shape index (κ1) is 35.9. The van der Waals surface area contributed by atoms with Gasteiger partial charge in [-0.1, -0.05) is 0 Å². The summed E-state index contributed by atoms with van der Waals surface area (Å²) in [6, 6.07) is 52.3. The molecule has 50 heavy (non-hydrogen) atoms. The van der Waals surface area contributed by atoms with E-state index in [0.717, 1.165) is 19.3 Å². The molecule has 0 aromatic heterocycles. The summed E-state index contributed by atoms with van der Waals surface area (Å²) in [5.74, 6) is 0. The van der Waals surface area contributed by atoms with E-state index >= 15 is 0 Å². The van der Waals surface area contributed by atoms with Gasteiger partial charge in [0.2, 0.25) is 0 Å². The fourth-order valence-electron chi connectivity index (χ4n) is 7.85. The summed E-state index contributed by atoms with van der Waals surface area (Å²) in [6.07, 6.45) is 10.0. The second-order valence-corrected chi connectivity index (χ2v) is 16.1. The third-order valence-corrected chi connectivity index (χ3v) is 14.3. The van der Waals surface area contributed by atoms with Crippen LogP contribution in [0, 0.1) is 0 Å². The van der Waals surface area contributed by atoms with E-state index in [4.69, 9.17) is 0 Å². The molecule has 8 rings (SSSR count). The predicted octanol–water partition coefficient (Wildman–Crippen LogP) is 5.92. The molecule has 2 aliphatic rings. The smallest absolute Gasteiger partial charge is 1.00 e. The van der Waals surface area contributed by atoms with Gasteiger partial charge in [-0.15, -0.1) is 0 Å². The van der Waals surface area contributed by atoms with Crippen LogP contribution in [-0.2, 0) is 35.6 Å². The summed E-state index contributed by atoms with van der Waals surface area (Å²) in [4.78, 5) is 0. The van der Waals surface area contributed by atoms with Gasteiger partial charge in [0.1, 0.15) is 0 Å². The largest absolute Gasteiger partial charge is 1.00 e. The zero-order chi connectivity index (χ0) is 32.5. The van der Waals surface area contributed by atoms with Crippen LogP contribution in [0.2, 0.25) is 0 Å². The molecule has 0 aliphatic heterocycles. The van der Waals surface area contributed by atoms with Crippen LogP contribution < -0.4 is 24.8 Å². The number of allylic oxidation sites excluding steroid dienone is 4. The third kappa shape index (κ3) is 6.53. The molecular weight excluding hydrogens is 727 g/mol. The van der Waals surface area contributed by atoms with Gasteiger partial charge in [0.25, 0.3) is 0 Å². The van der Waals surface area contributed by atoms with Crippen LogP contribution in [0.4, 0.5) is 0 Å². The monoisotopic (exact) mass is 763 g/mol. The van der Waals surface area contributed by atoms with Crippen molar-refractivity contribution >= 4 is 8.78 Å². The van der Waals surface area contributed by atoms with E-state index in [1.165, 1.54) is 72.3 Å². The van der Waals surface area contributed by atoms with Gasteiger partial charge in [-0.2, -0.15) is 0 Å². The second-order valence-electron chi connectivity index (χ2n) is 12.8. The molecule has 0 heterocycles. The van der Waals surface area contributed by atoms with Crippen LogP contribution in [0.3, 0.4) is 0 Å². The van der Waals surface area contributed by atoms with Gasteiger partial charge in [0.05, 0.1) is 0 Å². The normalized spacial score (nSPS) is 13.7. The molecule has 0 N–H and O–H groups in total. The zero-order valence-corrected chi connectivity index (χ0v) is 32.4. The van der Waals surface area contributed by atoms with Gasteiger partial charge >= 0.3 is 298 Å². The Bertz CT molecular complexity index is 2160. The van der Waals surface area contributed by atoms with E-state index < -0.39 is 22.8 Å². The van der Waals surface area contributed by atoms with Crippen LogP contribution in [0.5, 0.6) is 0 Å². The molecule has 6 aromatic carbocycles. The van der Waals surface area contributed by atoms with E-state index in [9.17, 15) is 0 Å². The molecule has 0 nitrogen and oxygen atoms in total. The van der Waals surface area contributed by atoms with E-state index in [2.05, 4.69) is 172 Å². The van der Waals surface area contributed by atoms with Crippen molar-refractivity contribution in [3.05, 3.63) is 197 Å². The molecule has 2 aliphatic carbocycles. The fraction of sp³-hybridized carbons (Fsp3) is 0.128. The first-order chi connectivity index (χ1) is 23.8.